The number of benzene rings is 1. The van der Waals surface area contributed by atoms with Crippen molar-refractivity contribution < 1.29 is 14.6 Å². The fourth-order valence-electron chi connectivity index (χ4n) is 1.29. The first kappa shape index (κ1) is 12.7. The molecule has 88 valence electrons. The van der Waals surface area contributed by atoms with E-state index in [1.54, 1.807) is 24.3 Å². The van der Waals surface area contributed by atoms with Gasteiger partial charge in [-0.05, 0) is 31.2 Å². The third kappa shape index (κ3) is 4.00. The zero-order chi connectivity index (χ0) is 11.8. The average molecular weight is 223 g/mol. The number of carbonyl (C=O) groups is 1. The van der Waals surface area contributed by atoms with Crippen LogP contribution in [-0.4, -0.2) is 37.2 Å². The first-order valence-corrected chi connectivity index (χ1v) is 5.35. The highest BCUT2D eigenvalue weighted by molar-refractivity contribution is 5.97. The Morgan fingerprint density at radius 2 is 2.06 bits per heavy atom. The van der Waals surface area contributed by atoms with Gasteiger partial charge in [0.05, 0.1) is 19.8 Å². The van der Waals surface area contributed by atoms with E-state index in [1.807, 2.05) is 6.92 Å². The molecule has 4 heteroatoms. The zero-order valence-corrected chi connectivity index (χ0v) is 9.40. The van der Waals surface area contributed by atoms with E-state index >= 15 is 0 Å². The highest BCUT2D eigenvalue weighted by Crippen LogP contribution is 2.12. The summed E-state index contributed by atoms with van der Waals surface area (Å²) in [5.41, 5.74) is 0.647. The monoisotopic (exact) mass is 223 g/mol. The fourth-order valence-corrected chi connectivity index (χ4v) is 1.29. The number of Topliss-reactive ketones (excluding diaryl/α,β-unsaturated/α-hetero) is 1. The van der Waals surface area contributed by atoms with Crippen LogP contribution >= 0.6 is 0 Å². The van der Waals surface area contributed by atoms with E-state index in [4.69, 9.17) is 9.84 Å². The third-order valence-corrected chi connectivity index (χ3v) is 2.06. The molecule has 1 rings (SSSR count). The second-order valence-corrected chi connectivity index (χ2v) is 3.28. The molecule has 0 unspecified atom stereocenters. The largest absolute Gasteiger partial charge is 0.494 e. The van der Waals surface area contributed by atoms with Crippen molar-refractivity contribution in [3.05, 3.63) is 29.8 Å². The van der Waals surface area contributed by atoms with Crippen molar-refractivity contribution in [2.24, 2.45) is 0 Å². The van der Waals surface area contributed by atoms with Gasteiger partial charge >= 0.3 is 0 Å². The maximum Gasteiger partial charge on any atom is 0.176 e. The highest BCUT2D eigenvalue weighted by atomic mass is 16.5. The fraction of sp³-hybridized carbons (Fsp3) is 0.417. The molecule has 0 spiro atoms. The topological polar surface area (TPSA) is 58.6 Å². The van der Waals surface area contributed by atoms with Gasteiger partial charge in [0.15, 0.2) is 5.78 Å². The van der Waals surface area contributed by atoms with Gasteiger partial charge in [-0.25, -0.2) is 0 Å². The Morgan fingerprint density at radius 1 is 1.38 bits per heavy atom. The van der Waals surface area contributed by atoms with Crippen LogP contribution in [0.25, 0.3) is 0 Å². The quantitative estimate of drug-likeness (QED) is 0.531. The average Bonchev–Trinajstić information content (AvgIpc) is 2.30. The number of hydrogen-bond acceptors (Lipinski definition) is 4. The zero-order valence-electron chi connectivity index (χ0n) is 9.40. The lowest BCUT2D eigenvalue weighted by Gasteiger charge is -2.05. The van der Waals surface area contributed by atoms with Crippen LogP contribution in [0.2, 0.25) is 0 Å². The Hall–Kier alpha value is -1.39. The molecule has 16 heavy (non-hydrogen) atoms. The standard InChI is InChI=1S/C12H17NO3/c1-2-16-11-5-3-10(4-6-11)12(15)9-13-7-8-14/h3-6,13-14H,2,7-9H2,1H3. The lowest BCUT2D eigenvalue weighted by Crippen LogP contribution is -2.25. The van der Waals surface area contributed by atoms with Gasteiger partial charge in [0.25, 0.3) is 0 Å². The summed E-state index contributed by atoms with van der Waals surface area (Å²) in [4.78, 5) is 11.6. The molecule has 0 saturated carbocycles. The van der Waals surface area contributed by atoms with E-state index in [2.05, 4.69) is 5.32 Å². The molecule has 1 aromatic rings. The smallest absolute Gasteiger partial charge is 0.176 e. The molecule has 0 atom stereocenters. The van der Waals surface area contributed by atoms with Gasteiger partial charge < -0.3 is 15.2 Å². The summed E-state index contributed by atoms with van der Waals surface area (Å²) in [6.45, 7) is 3.25. The van der Waals surface area contributed by atoms with Crippen molar-refractivity contribution in [3.63, 3.8) is 0 Å². The van der Waals surface area contributed by atoms with Crippen LogP contribution in [0.5, 0.6) is 5.75 Å². The van der Waals surface area contributed by atoms with Gasteiger partial charge in [-0.3, -0.25) is 4.79 Å². The van der Waals surface area contributed by atoms with E-state index in [9.17, 15) is 4.79 Å². The highest BCUT2D eigenvalue weighted by Gasteiger charge is 2.04. The second kappa shape index (κ2) is 6.98. The summed E-state index contributed by atoms with van der Waals surface area (Å²) < 4.78 is 5.28. The molecule has 0 saturated heterocycles. The summed E-state index contributed by atoms with van der Waals surface area (Å²) in [7, 11) is 0. The summed E-state index contributed by atoms with van der Waals surface area (Å²) in [5, 5.41) is 11.4. The van der Waals surface area contributed by atoms with Crippen molar-refractivity contribution in [2.75, 3.05) is 26.3 Å². The molecule has 0 heterocycles. The predicted octanol–water partition coefficient (Wildman–Crippen LogP) is 0.850. The van der Waals surface area contributed by atoms with Crippen molar-refractivity contribution in [1.29, 1.82) is 0 Å². The van der Waals surface area contributed by atoms with Crippen molar-refractivity contribution in [3.8, 4) is 5.75 Å². The number of carbonyl (C=O) groups excluding carboxylic acids is 1. The summed E-state index contributed by atoms with van der Waals surface area (Å²) >= 11 is 0. The van der Waals surface area contributed by atoms with Gasteiger partial charge in [-0.15, -0.1) is 0 Å². The Kier molecular flexibility index (Phi) is 5.53. The lowest BCUT2D eigenvalue weighted by atomic mass is 10.1. The van der Waals surface area contributed by atoms with Gasteiger partial charge in [0.2, 0.25) is 0 Å². The molecule has 0 radical (unpaired) electrons. The van der Waals surface area contributed by atoms with E-state index in [0.717, 1.165) is 5.75 Å². The van der Waals surface area contributed by atoms with Crippen LogP contribution in [0.1, 0.15) is 17.3 Å². The SMILES string of the molecule is CCOc1ccc(C(=O)CNCCO)cc1. The van der Waals surface area contributed by atoms with Crippen LogP contribution in [-0.2, 0) is 0 Å². The van der Waals surface area contributed by atoms with Crippen LogP contribution < -0.4 is 10.1 Å². The van der Waals surface area contributed by atoms with Gasteiger partial charge in [-0.1, -0.05) is 0 Å². The predicted molar refractivity (Wildman–Crippen MR) is 61.9 cm³/mol. The number of aliphatic hydroxyl groups is 1. The minimum atomic E-state index is 0.0106. The van der Waals surface area contributed by atoms with Crippen LogP contribution in [0, 0.1) is 0 Å². The van der Waals surface area contributed by atoms with Gasteiger partial charge in [0.1, 0.15) is 5.75 Å². The van der Waals surface area contributed by atoms with Crippen LogP contribution in [0.3, 0.4) is 0 Å². The Balaban J connectivity index is 2.49. The molecular formula is C12H17NO3. The molecule has 0 aliphatic heterocycles. The molecule has 0 amide bonds. The minimum Gasteiger partial charge on any atom is -0.494 e. The van der Waals surface area contributed by atoms with Gasteiger partial charge in [-0.2, -0.15) is 0 Å². The summed E-state index contributed by atoms with van der Waals surface area (Å²) in [5.74, 6) is 0.777. The molecule has 4 nitrogen and oxygen atoms in total. The van der Waals surface area contributed by atoms with E-state index in [1.165, 1.54) is 0 Å². The molecular weight excluding hydrogens is 206 g/mol. The second-order valence-electron chi connectivity index (χ2n) is 3.28. The van der Waals surface area contributed by atoms with Crippen LogP contribution in [0.4, 0.5) is 0 Å². The Labute approximate surface area is 95.2 Å². The van der Waals surface area contributed by atoms with Crippen molar-refractivity contribution >= 4 is 5.78 Å². The molecule has 0 aromatic heterocycles. The third-order valence-electron chi connectivity index (χ3n) is 2.06. The van der Waals surface area contributed by atoms with E-state index in [0.29, 0.717) is 18.7 Å². The van der Waals surface area contributed by atoms with E-state index < -0.39 is 0 Å². The molecule has 0 bridgehead atoms. The maximum absolute atomic E-state index is 11.6. The number of nitrogens with one attached hydrogen (secondary N) is 1. The summed E-state index contributed by atoms with van der Waals surface area (Å²) in [6.07, 6.45) is 0. The Bertz CT molecular complexity index is 322. The number of aliphatic hydroxyl groups excluding tert-OH is 1. The molecule has 0 aliphatic carbocycles. The first-order chi connectivity index (χ1) is 7.77. The number of ketones is 1. The van der Waals surface area contributed by atoms with Crippen molar-refractivity contribution in [2.45, 2.75) is 6.92 Å². The Morgan fingerprint density at radius 3 is 2.62 bits per heavy atom. The van der Waals surface area contributed by atoms with Crippen LogP contribution in [0.15, 0.2) is 24.3 Å². The van der Waals surface area contributed by atoms with Gasteiger partial charge in [0, 0.05) is 12.1 Å². The molecule has 0 aliphatic rings. The lowest BCUT2D eigenvalue weighted by molar-refractivity contribution is 0.0989. The molecule has 2 N–H and O–H groups in total. The number of ether oxygens (including phenoxy) is 1. The van der Waals surface area contributed by atoms with Crippen molar-refractivity contribution in [1.82, 2.24) is 5.32 Å². The normalized spacial score (nSPS) is 10.1. The van der Waals surface area contributed by atoms with E-state index in [-0.39, 0.29) is 18.9 Å². The summed E-state index contributed by atoms with van der Waals surface area (Å²) in [6, 6.07) is 7.05. The number of rotatable bonds is 7. The maximum atomic E-state index is 11.6. The minimum absolute atomic E-state index is 0.0106. The molecule has 0 fully saturated rings. The first-order valence-electron chi connectivity index (χ1n) is 5.35. The number of hydrogen-bond donors (Lipinski definition) is 2. The molecule has 1 aromatic carbocycles.